The molecule has 2 aromatic rings. The first-order valence-corrected chi connectivity index (χ1v) is 12.4. The molecule has 0 radical (unpaired) electrons. The van der Waals surface area contributed by atoms with Crippen LogP contribution in [0.5, 0.6) is 5.75 Å². The van der Waals surface area contributed by atoms with Crippen LogP contribution in [-0.2, 0) is 16.0 Å². The van der Waals surface area contributed by atoms with E-state index in [-0.39, 0.29) is 24.8 Å². The van der Waals surface area contributed by atoms with E-state index in [0.29, 0.717) is 19.4 Å². The van der Waals surface area contributed by atoms with Crippen molar-refractivity contribution in [2.75, 3.05) is 13.2 Å². The summed E-state index contributed by atoms with van der Waals surface area (Å²) in [5.74, 6) is 0.879. The molecule has 2 aliphatic heterocycles. The number of aliphatic hydroxyl groups excluding tert-OH is 1. The van der Waals surface area contributed by atoms with Crippen LogP contribution < -0.4 is 10.1 Å². The van der Waals surface area contributed by atoms with Crippen LogP contribution in [0.25, 0.3) is 0 Å². The molecule has 4 atom stereocenters. The minimum absolute atomic E-state index is 0.0685. The van der Waals surface area contributed by atoms with Gasteiger partial charge in [0.15, 0.2) is 0 Å². The molecular formula is C27H38ClNO5. The molecule has 2 heterocycles. The summed E-state index contributed by atoms with van der Waals surface area (Å²) in [4.78, 5) is 8.36. The number of benzene rings is 2. The molecule has 7 heteroatoms. The fourth-order valence-corrected chi connectivity index (χ4v) is 4.40. The molecule has 2 saturated heterocycles. The van der Waals surface area contributed by atoms with E-state index in [0.717, 1.165) is 34.4 Å². The molecule has 0 unspecified atom stereocenters. The van der Waals surface area contributed by atoms with Crippen molar-refractivity contribution in [3.63, 3.8) is 0 Å². The number of halogens is 1. The highest BCUT2D eigenvalue weighted by Crippen LogP contribution is 2.33. The lowest BCUT2D eigenvalue weighted by molar-refractivity contribution is -0.122. The Labute approximate surface area is 208 Å². The van der Waals surface area contributed by atoms with Crippen LogP contribution in [0.15, 0.2) is 42.5 Å². The summed E-state index contributed by atoms with van der Waals surface area (Å²) in [5, 5.41) is 21.0. The van der Waals surface area contributed by atoms with Crippen LogP contribution in [-0.4, -0.2) is 48.1 Å². The van der Waals surface area contributed by atoms with E-state index in [1.54, 1.807) is 0 Å². The fourth-order valence-electron chi connectivity index (χ4n) is 4.21. The maximum absolute atomic E-state index is 10.0. The molecule has 2 aromatic carbocycles. The van der Waals surface area contributed by atoms with Gasteiger partial charge in [-0.05, 0) is 87.9 Å². The molecule has 2 aliphatic rings. The second kappa shape index (κ2) is 15.0. The Morgan fingerprint density at radius 2 is 1.88 bits per heavy atom. The monoisotopic (exact) mass is 491 g/mol. The summed E-state index contributed by atoms with van der Waals surface area (Å²) >= 11 is 6.41. The third-order valence-corrected chi connectivity index (χ3v) is 6.23. The number of carbonyl (C=O) groups is 1. The molecule has 6 nitrogen and oxygen atoms in total. The van der Waals surface area contributed by atoms with E-state index in [1.807, 2.05) is 38.1 Å². The predicted octanol–water partition coefficient (Wildman–Crippen LogP) is 5.39. The predicted molar refractivity (Wildman–Crippen MR) is 136 cm³/mol. The maximum atomic E-state index is 10.0. The second-order valence-corrected chi connectivity index (χ2v) is 9.18. The molecule has 34 heavy (non-hydrogen) atoms. The minimum Gasteiger partial charge on any atom is -0.494 e. The Hall–Kier alpha value is -2.12. The van der Waals surface area contributed by atoms with E-state index in [1.165, 1.54) is 24.9 Å². The molecule has 2 fully saturated rings. The van der Waals surface area contributed by atoms with Crippen molar-refractivity contribution in [3.05, 3.63) is 64.2 Å². The summed E-state index contributed by atoms with van der Waals surface area (Å²) in [6.45, 7) is 7.86. The normalized spacial score (nSPS) is 23.7. The van der Waals surface area contributed by atoms with E-state index >= 15 is 0 Å². The van der Waals surface area contributed by atoms with Gasteiger partial charge in [-0.1, -0.05) is 35.9 Å². The number of carboxylic acid groups (broad SMARTS) is 1. The summed E-state index contributed by atoms with van der Waals surface area (Å²) in [5.41, 5.74) is 3.33. The number of aliphatic hydroxyl groups is 1. The van der Waals surface area contributed by atoms with Crippen LogP contribution in [0.3, 0.4) is 0 Å². The van der Waals surface area contributed by atoms with Gasteiger partial charge < -0.3 is 25.0 Å². The smallest absolute Gasteiger partial charge is 0.290 e. The zero-order chi connectivity index (χ0) is 24.9. The highest BCUT2D eigenvalue weighted by atomic mass is 35.5. The van der Waals surface area contributed by atoms with Crippen LogP contribution in [0.1, 0.15) is 69.2 Å². The third-order valence-electron chi connectivity index (χ3n) is 5.86. The molecule has 0 amide bonds. The summed E-state index contributed by atoms with van der Waals surface area (Å²) in [6.07, 6.45) is 4.52. The summed E-state index contributed by atoms with van der Waals surface area (Å²) in [6, 6.07) is 14.9. The van der Waals surface area contributed by atoms with Crippen LogP contribution in [0.4, 0.5) is 0 Å². The Morgan fingerprint density at radius 1 is 1.18 bits per heavy atom. The van der Waals surface area contributed by atoms with Crippen LogP contribution >= 0.6 is 11.6 Å². The van der Waals surface area contributed by atoms with Crippen molar-refractivity contribution in [3.8, 4) is 5.75 Å². The maximum Gasteiger partial charge on any atom is 0.290 e. The van der Waals surface area contributed by atoms with Crippen LogP contribution in [0, 0.1) is 0 Å². The van der Waals surface area contributed by atoms with Gasteiger partial charge in [-0.3, -0.25) is 4.79 Å². The van der Waals surface area contributed by atoms with Gasteiger partial charge in [0.1, 0.15) is 5.75 Å². The van der Waals surface area contributed by atoms with Gasteiger partial charge in [-0.25, -0.2) is 0 Å². The van der Waals surface area contributed by atoms with Gasteiger partial charge >= 0.3 is 0 Å². The molecule has 0 aliphatic carbocycles. The Balaban J connectivity index is 0.000000383. The minimum atomic E-state index is -0.306. The molecular weight excluding hydrogens is 454 g/mol. The topological polar surface area (TPSA) is 88.0 Å². The molecule has 3 N–H and O–H groups in total. The largest absolute Gasteiger partial charge is 0.494 e. The Bertz CT molecular complexity index is 845. The lowest BCUT2D eigenvalue weighted by atomic mass is 9.94. The van der Waals surface area contributed by atoms with Gasteiger partial charge in [0.25, 0.3) is 6.47 Å². The van der Waals surface area contributed by atoms with Crippen molar-refractivity contribution in [1.29, 1.82) is 0 Å². The number of hydrogen-bond acceptors (Lipinski definition) is 5. The third kappa shape index (κ3) is 9.63. The molecule has 0 aromatic heterocycles. The molecule has 0 bridgehead atoms. The Morgan fingerprint density at radius 3 is 2.41 bits per heavy atom. The molecule has 0 saturated carbocycles. The summed E-state index contributed by atoms with van der Waals surface area (Å²) in [7, 11) is 0. The summed E-state index contributed by atoms with van der Waals surface area (Å²) < 4.78 is 11.5. The second-order valence-electron chi connectivity index (χ2n) is 8.77. The number of nitrogens with one attached hydrogen (secondary N) is 1. The van der Waals surface area contributed by atoms with Crippen molar-refractivity contribution in [2.45, 2.75) is 77.2 Å². The van der Waals surface area contributed by atoms with Gasteiger partial charge in [0.2, 0.25) is 0 Å². The highest BCUT2D eigenvalue weighted by molar-refractivity contribution is 6.31. The van der Waals surface area contributed by atoms with Crippen LogP contribution in [0.2, 0.25) is 5.02 Å². The SMILES string of the molecule is CCOc1ccc(Cc2cc([C@H]3C[C@@H](O)C[C@@H](C)O3)ccc2Cl)cc1.C[C@@H]1CCCN1.O=CO. The standard InChI is InChI=1S/C21H25ClO3.C5H11N.CH2O2/c1-3-24-19-7-4-15(5-8-19)11-17-12-16(6-9-20(17)22)21-13-18(23)10-14(2)25-21;1-5-3-2-4-6-5;2-1-3/h4-9,12,14,18,21,23H,3,10-11,13H2,1-2H3;5-6H,2-4H2,1H3;1H,(H,2,3)/t14-,18+,21-;5-;/m11./s1. The molecule has 4 rings (SSSR count). The van der Waals surface area contributed by atoms with Gasteiger partial charge in [0, 0.05) is 17.5 Å². The molecule has 0 spiro atoms. The fraction of sp³-hybridized carbons (Fsp3) is 0.519. The number of rotatable bonds is 5. The zero-order valence-corrected chi connectivity index (χ0v) is 21.1. The van der Waals surface area contributed by atoms with E-state index in [2.05, 4.69) is 30.4 Å². The van der Waals surface area contributed by atoms with Crippen molar-refractivity contribution in [2.24, 2.45) is 0 Å². The van der Waals surface area contributed by atoms with E-state index in [4.69, 9.17) is 31.0 Å². The highest BCUT2D eigenvalue weighted by Gasteiger charge is 2.27. The molecule has 188 valence electrons. The van der Waals surface area contributed by atoms with Crippen molar-refractivity contribution in [1.82, 2.24) is 5.32 Å². The average molecular weight is 492 g/mol. The lowest BCUT2D eigenvalue weighted by Gasteiger charge is -2.31. The first-order chi connectivity index (χ1) is 16.4. The quantitative estimate of drug-likeness (QED) is 0.486. The lowest BCUT2D eigenvalue weighted by Crippen LogP contribution is -2.29. The Kier molecular flexibility index (Phi) is 12.4. The van der Waals surface area contributed by atoms with E-state index in [9.17, 15) is 5.11 Å². The first kappa shape index (κ1) is 28.1. The van der Waals surface area contributed by atoms with E-state index < -0.39 is 0 Å². The van der Waals surface area contributed by atoms with Gasteiger partial charge in [-0.15, -0.1) is 0 Å². The van der Waals surface area contributed by atoms with Crippen molar-refractivity contribution >= 4 is 18.1 Å². The number of hydrogen-bond donors (Lipinski definition) is 3. The average Bonchev–Trinajstić information content (AvgIpc) is 3.28. The first-order valence-electron chi connectivity index (χ1n) is 12.0. The van der Waals surface area contributed by atoms with Gasteiger partial charge in [0.05, 0.1) is 24.9 Å². The number of ether oxygens (including phenoxy) is 2. The zero-order valence-electron chi connectivity index (χ0n) is 20.4. The van der Waals surface area contributed by atoms with Crippen molar-refractivity contribution < 1.29 is 24.5 Å². The van der Waals surface area contributed by atoms with Gasteiger partial charge in [-0.2, -0.15) is 0 Å².